The molecule has 0 spiro atoms. The second-order valence-corrected chi connectivity index (χ2v) is 7.87. The molecule has 1 aliphatic heterocycles. The zero-order chi connectivity index (χ0) is 20.8. The predicted octanol–water partition coefficient (Wildman–Crippen LogP) is 5.75. The third-order valence-electron chi connectivity index (χ3n) is 5.39. The first-order valence-corrected chi connectivity index (χ1v) is 10.7. The molecule has 6 heteroatoms. The number of hydrogen-bond donors (Lipinski definition) is 3. The summed E-state index contributed by atoms with van der Waals surface area (Å²) in [5.74, 6) is -0.0587. The molecule has 0 amide bonds. The number of hydrogen-bond acceptors (Lipinski definition) is 5. The van der Waals surface area contributed by atoms with Crippen molar-refractivity contribution < 1.29 is 14.6 Å². The number of fused-ring (bicyclic) bond motifs is 1. The van der Waals surface area contributed by atoms with Crippen LogP contribution < -0.4 is 10.6 Å². The van der Waals surface area contributed by atoms with Gasteiger partial charge in [0.2, 0.25) is 0 Å². The minimum absolute atomic E-state index is 0.0226. The molecule has 3 N–H and O–H groups in total. The van der Waals surface area contributed by atoms with Crippen molar-refractivity contribution in [1.29, 1.82) is 0 Å². The number of carbonyl (C=O) groups is 1. The van der Waals surface area contributed by atoms with E-state index < -0.39 is 6.04 Å². The first-order valence-electron chi connectivity index (χ1n) is 10.3. The molecule has 3 atom stereocenters. The van der Waals surface area contributed by atoms with E-state index in [1.165, 1.54) is 0 Å². The van der Waals surface area contributed by atoms with Crippen LogP contribution in [0.15, 0.2) is 42.5 Å². The van der Waals surface area contributed by atoms with Gasteiger partial charge in [0.1, 0.15) is 11.8 Å². The first-order chi connectivity index (χ1) is 14.0. The van der Waals surface area contributed by atoms with Gasteiger partial charge in [0.05, 0.1) is 12.6 Å². The van der Waals surface area contributed by atoms with Gasteiger partial charge in [-0.05, 0) is 55.8 Å². The average Bonchev–Trinajstić information content (AvgIpc) is 2.71. The van der Waals surface area contributed by atoms with Crippen molar-refractivity contribution in [2.45, 2.75) is 51.6 Å². The fourth-order valence-electron chi connectivity index (χ4n) is 3.98. The van der Waals surface area contributed by atoms with Crippen molar-refractivity contribution in [3.8, 4) is 5.75 Å². The fourth-order valence-corrected chi connectivity index (χ4v) is 4.10. The summed E-state index contributed by atoms with van der Waals surface area (Å²) in [4.78, 5) is 12.8. The molecule has 0 bridgehead atoms. The van der Waals surface area contributed by atoms with E-state index in [2.05, 4.69) is 17.6 Å². The number of anilines is 2. The molecule has 0 aliphatic carbocycles. The zero-order valence-electron chi connectivity index (χ0n) is 17.0. The number of halogens is 1. The van der Waals surface area contributed by atoms with Crippen molar-refractivity contribution >= 4 is 28.9 Å². The number of unbranched alkanes of at least 4 members (excludes halogenated alkanes) is 2. The number of carbonyl (C=O) groups excluding carboxylic acids is 1. The van der Waals surface area contributed by atoms with Gasteiger partial charge in [-0.25, -0.2) is 4.79 Å². The van der Waals surface area contributed by atoms with Gasteiger partial charge in [-0.3, -0.25) is 0 Å². The summed E-state index contributed by atoms with van der Waals surface area (Å²) in [7, 11) is 0. The van der Waals surface area contributed by atoms with Crippen molar-refractivity contribution in [3.05, 3.63) is 53.1 Å². The highest BCUT2D eigenvalue weighted by Crippen LogP contribution is 2.43. The van der Waals surface area contributed by atoms with Crippen molar-refractivity contribution in [1.82, 2.24) is 0 Å². The number of aromatic hydroxyl groups is 1. The molecule has 5 nitrogen and oxygen atoms in total. The number of ether oxygens (including phenoxy) is 1. The predicted molar refractivity (Wildman–Crippen MR) is 118 cm³/mol. The van der Waals surface area contributed by atoms with Gasteiger partial charge in [0.25, 0.3) is 0 Å². The van der Waals surface area contributed by atoms with Crippen LogP contribution in [0.4, 0.5) is 11.4 Å². The summed E-state index contributed by atoms with van der Waals surface area (Å²) >= 11 is 6.04. The highest BCUT2D eigenvalue weighted by molar-refractivity contribution is 6.30. The number of phenols is 1. The average molecular weight is 417 g/mol. The zero-order valence-corrected chi connectivity index (χ0v) is 17.7. The molecule has 1 heterocycles. The topological polar surface area (TPSA) is 70.6 Å². The Morgan fingerprint density at radius 2 is 1.93 bits per heavy atom. The number of rotatable bonds is 8. The van der Waals surface area contributed by atoms with Crippen molar-refractivity contribution in [3.63, 3.8) is 0 Å². The molecule has 1 aliphatic rings. The largest absolute Gasteiger partial charge is 0.508 e. The van der Waals surface area contributed by atoms with Gasteiger partial charge in [0, 0.05) is 27.9 Å². The van der Waals surface area contributed by atoms with E-state index in [0.717, 1.165) is 42.6 Å². The molecule has 0 fully saturated rings. The Labute approximate surface area is 177 Å². The van der Waals surface area contributed by atoms with Crippen LogP contribution in [-0.2, 0) is 9.53 Å². The van der Waals surface area contributed by atoms with Gasteiger partial charge in [-0.1, -0.05) is 37.8 Å². The number of benzene rings is 2. The monoisotopic (exact) mass is 416 g/mol. The molecule has 156 valence electrons. The van der Waals surface area contributed by atoms with Crippen LogP contribution in [0.1, 0.15) is 51.1 Å². The van der Waals surface area contributed by atoms with Crippen molar-refractivity contribution in [2.24, 2.45) is 5.92 Å². The van der Waals surface area contributed by atoms with Crippen LogP contribution in [0, 0.1) is 5.92 Å². The van der Waals surface area contributed by atoms with Crippen LogP contribution >= 0.6 is 11.6 Å². The van der Waals surface area contributed by atoms with Gasteiger partial charge in [-0.2, -0.15) is 0 Å². The van der Waals surface area contributed by atoms with E-state index in [4.69, 9.17) is 16.3 Å². The van der Waals surface area contributed by atoms with Gasteiger partial charge < -0.3 is 20.5 Å². The second-order valence-electron chi connectivity index (χ2n) is 7.43. The standard InChI is InChI=1S/C23H29ClN2O3/c1-3-5-6-7-18-21(25-16-10-8-15(24)9-11-16)19-14-17(27)12-13-20(19)26-22(18)23(28)29-4-2/h8-14,18,21-22,25-27H,3-7H2,1-2H3/t18-,21+,22+/m1/s1. The molecule has 2 aromatic rings. The molecule has 29 heavy (non-hydrogen) atoms. The van der Waals surface area contributed by atoms with Gasteiger partial charge in [0.15, 0.2) is 0 Å². The Morgan fingerprint density at radius 1 is 1.17 bits per heavy atom. The van der Waals surface area contributed by atoms with E-state index >= 15 is 0 Å². The Bertz CT molecular complexity index is 825. The van der Waals surface area contributed by atoms with Gasteiger partial charge >= 0.3 is 5.97 Å². The molecule has 0 unspecified atom stereocenters. The van der Waals surface area contributed by atoms with Crippen LogP contribution in [0.25, 0.3) is 0 Å². The number of phenolic OH excluding ortho intramolecular Hbond substituents is 1. The first kappa shape index (κ1) is 21.3. The van der Waals surface area contributed by atoms with E-state index in [9.17, 15) is 9.90 Å². The minimum atomic E-state index is -0.450. The Morgan fingerprint density at radius 3 is 2.62 bits per heavy atom. The molecule has 0 radical (unpaired) electrons. The Hall–Kier alpha value is -2.40. The molecular weight excluding hydrogens is 388 g/mol. The van der Waals surface area contributed by atoms with Crippen molar-refractivity contribution in [2.75, 3.05) is 17.2 Å². The summed E-state index contributed by atoms with van der Waals surface area (Å²) in [5.41, 5.74) is 2.69. The lowest BCUT2D eigenvalue weighted by Gasteiger charge is -2.40. The normalized spacial score (nSPS) is 20.4. The lowest BCUT2D eigenvalue weighted by molar-refractivity contribution is -0.145. The summed E-state index contributed by atoms with van der Waals surface area (Å²) in [6.45, 7) is 4.33. The van der Waals surface area contributed by atoms with Crippen LogP contribution in [0.2, 0.25) is 5.02 Å². The SMILES string of the molecule is CCCCC[C@H]1[C@@H](C(=O)OCC)Nc2ccc(O)cc2[C@H]1Nc1ccc(Cl)cc1. The maximum Gasteiger partial charge on any atom is 0.328 e. The third kappa shape index (κ3) is 5.15. The summed E-state index contributed by atoms with van der Waals surface area (Å²) in [6, 6.07) is 12.1. The molecular formula is C23H29ClN2O3. The van der Waals surface area contributed by atoms with E-state index in [1.54, 1.807) is 12.1 Å². The van der Waals surface area contributed by atoms with E-state index in [-0.39, 0.29) is 23.7 Å². The lowest BCUT2D eigenvalue weighted by atomic mass is 9.79. The highest BCUT2D eigenvalue weighted by Gasteiger charge is 2.41. The van der Waals surface area contributed by atoms with Gasteiger partial charge in [-0.15, -0.1) is 0 Å². The molecule has 0 saturated carbocycles. The third-order valence-corrected chi connectivity index (χ3v) is 5.64. The number of nitrogens with one attached hydrogen (secondary N) is 2. The smallest absolute Gasteiger partial charge is 0.328 e. The Balaban J connectivity index is 1.99. The highest BCUT2D eigenvalue weighted by atomic mass is 35.5. The van der Waals surface area contributed by atoms with Crippen LogP contribution in [0.3, 0.4) is 0 Å². The Kier molecular flexibility index (Phi) is 7.26. The summed E-state index contributed by atoms with van der Waals surface area (Å²) < 4.78 is 5.37. The molecule has 3 rings (SSSR count). The quantitative estimate of drug-likeness (QED) is 0.290. The van der Waals surface area contributed by atoms with Crippen LogP contribution in [-0.4, -0.2) is 23.7 Å². The molecule has 0 aromatic heterocycles. The fraction of sp³-hybridized carbons (Fsp3) is 0.435. The molecule has 0 saturated heterocycles. The summed E-state index contributed by atoms with van der Waals surface area (Å²) in [5, 5.41) is 17.7. The lowest BCUT2D eigenvalue weighted by Crippen LogP contribution is -2.46. The maximum absolute atomic E-state index is 12.8. The van der Waals surface area contributed by atoms with Crippen LogP contribution in [0.5, 0.6) is 5.75 Å². The number of esters is 1. The second kappa shape index (κ2) is 9.88. The minimum Gasteiger partial charge on any atom is -0.508 e. The summed E-state index contributed by atoms with van der Waals surface area (Å²) in [6.07, 6.45) is 4.10. The molecule has 2 aromatic carbocycles. The van der Waals surface area contributed by atoms with E-state index in [0.29, 0.717) is 11.6 Å². The van der Waals surface area contributed by atoms with E-state index in [1.807, 2.05) is 37.3 Å². The maximum atomic E-state index is 12.8.